The lowest BCUT2D eigenvalue weighted by Gasteiger charge is -2.48. The lowest BCUT2D eigenvalue weighted by molar-refractivity contribution is -0.103. The fourth-order valence-corrected chi connectivity index (χ4v) is 4.76. The molecule has 0 radical (unpaired) electrons. The maximum atomic E-state index is 11.2. The monoisotopic (exact) mass is 279 g/mol. The van der Waals surface area contributed by atoms with E-state index in [4.69, 9.17) is 17.3 Å². The van der Waals surface area contributed by atoms with E-state index in [1.807, 2.05) is 31.2 Å². The van der Waals surface area contributed by atoms with Crippen LogP contribution in [-0.2, 0) is 5.60 Å². The van der Waals surface area contributed by atoms with Gasteiger partial charge in [0.15, 0.2) is 0 Å². The Bertz CT molecular complexity index is 487. The molecule has 0 amide bonds. The van der Waals surface area contributed by atoms with Gasteiger partial charge in [-0.1, -0.05) is 30.2 Å². The van der Waals surface area contributed by atoms with Gasteiger partial charge in [-0.15, -0.1) is 0 Å². The summed E-state index contributed by atoms with van der Waals surface area (Å²) in [5.74, 6) is 1.30. The van der Waals surface area contributed by atoms with Gasteiger partial charge in [0, 0.05) is 17.0 Å². The molecule has 3 N–H and O–H groups in total. The van der Waals surface area contributed by atoms with Gasteiger partial charge in [0.05, 0.1) is 5.60 Å². The van der Waals surface area contributed by atoms with Crippen molar-refractivity contribution in [3.8, 4) is 0 Å². The van der Waals surface area contributed by atoms with E-state index >= 15 is 0 Å². The number of fused-ring (bicyclic) bond motifs is 2. The molecule has 2 nitrogen and oxygen atoms in total. The standard InChI is InChI=1S/C16H22ClNO/c1-15(19,12-3-2-4-14(17)8-12)16(10-18)9-11-5-6-13(16)7-11/h2-4,8,11,13,19H,5-7,9-10,18H2,1H3. The summed E-state index contributed by atoms with van der Waals surface area (Å²) in [5, 5.41) is 11.9. The number of halogens is 1. The summed E-state index contributed by atoms with van der Waals surface area (Å²) in [6, 6.07) is 7.60. The molecule has 1 aromatic carbocycles. The molecule has 2 fully saturated rings. The largest absolute Gasteiger partial charge is 0.385 e. The Labute approximate surface area is 120 Å². The predicted octanol–water partition coefficient (Wildman–Crippen LogP) is 3.31. The van der Waals surface area contributed by atoms with Gasteiger partial charge < -0.3 is 10.8 Å². The molecule has 104 valence electrons. The predicted molar refractivity (Wildman–Crippen MR) is 78.0 cm³/mol. The second kappa shape index (κ2) is 4.47. The first-order chi connectivity index (χ1) is 8.99. The molecule has 0 heterocycles. The van der Waals surface area contributed by atoms with Crippen LogP contribution in [0, 0.1) is 17.3 Å². The van der Waals surface area contributed by atoms with Crippen molar-refractivity contribution in [3.05, 3.63) is 34.9 Å². The Kier molecular flexibility index (Phi) is 3.16. The Morgan fingerprint density at radius 1 is 1.47 bits per heavy atom. The fraction of sp³-hybridized carbons (Fsp3) is 0.625. The highest BCUT2D eigenvalue weighted by Gasteiger charge is 2.59. The van der Waals surface area contributed by atoms with Gasteiger partial charge in [0.25, 0.3) is 0 Å². The summed E-state index contributed by atoms with van der Waals surface area (Å²) >= 11 is 6.08. The molecule has 2 saturated carbocycles. The van der Waals surface area contributed by atoms with E-state index in [9.17, 15) is 5.11 Å². The Morgan fingerprint density at radius 2 is 2.26 bits per heavy atom. The molecule has 4 atom stereocenters. The van der Waals surface area contributed by atoms with E-state index in [0.29, 0.717) is 17.5 Å². The maximum Gasteiger partial charge on any atom is 0.0939 e. The molecule has 2 aliphatic carbocycles. The van der Waals surface area contributed by atoms with Gasteiger partial charge in [-0.05, 0) is 55.7 Å². The number of benzene rings is 1. The molecule has 19 heavy (non-hydrogen) atoms. The summed E-state index contributed by atoms with van der Waals surface area (Å²) in [5.41, 5.74) is 5.95. The molecule has 2 bridgehead atoms. The van der Waals surface area contributed by atoms with Crippen LogP contribution in [0.3, 0.4) is 0 Å². The second-order valence-electron chi connectivity index (χ2n) is 6.52. The third kappa shape index (κ3) is 1.84. The third-order valence-corrected chi connectivity index (χ3v) is 5.93. The molecule has 2 aliphatic rings. The Balaban J connectivity index is 2.03. The number of hydrogen-bond donors (Lipinski definition) is 2. The minimum absolute atomic E-state index is 0.180. The third-order valence-electron chi connectivity index (χ3n) is 5.70. The molecule has 0 spiro atoms. The van der Waals surface area contributed by atoms with Gasteiger partial charge in [-0.25, -0.2) is 0 Å². The zero-order chi connectivity index (χ0) is 13.7. The van der Waals surface area contributed by atoms with E-state index in [2.05, 4.69) is 0 Å². The van der Waals surface area contributed by atoms with Crippen LogP contribution < -0.4 is 5.73 Å². The molecule has 3 heteroatoms. The van der Waals surface area contributed by atoms with Crippen molar-refractivity contribution in [1.29, 1.82) is 0 Å². The van der Waals surface area contributed by atoms with Crippen molar-refractivity contribution in [2.75, 3.05) is 6.54 Å². The Morgan fingerprint density at radius 3 is 2.79 bits per heavy atom. The van der Waals surface area contributed by atoms with Crippen molar-refractivity contribution < 1.29 is 5.11 Å². The first-order valence-electron chi connectivity index (χ1n) is 7.18. The SMILES string of the molecule is CC(O)(c1cccc(Cl)c1)C1(CN)CC2CCC1C2. The van der Waals surface area contributed by atoms with Crippen LogP contribution in [0.25, 0.3) is 0 Å². The van der Waals surface area contributed by atoms with Gasteiger partial charge in [-0.2, -0.15) is 0 Å². The van der Waals surface area contributed by atoms with Crippen LogP contribution in [0.2, 0.25) is 5.02 Å². The fourth-order valence-electron chi connectivity index (χ4n) is 4.57. The molecule has 0 aromatic heterocycles. The summed E-state index contributed by atoms with van der Waals surface area (Å²) in [7, 11) is 0. The lowest BCUT2D eigenvalue weighted by Crippen LogP contribution is -2.51. The van der Waals surface area contributed by atoms with Crippen LogP contribution in [0.15, 0.2) is 24.3 Å². The molecule has 4 unspecified atom stereocenters. The van der Waals surface area contributed by atoms with Crippen molar-refractivity contribution in [2.45, 2.75) is 38.2 Å². The smallest absolute Gasteiger partial charge is 0.0939 e. The maximum absolute atomic E-state index is 11.2. The van der Waals surface area contributed by atoms with Crippen LogP contribution in [-0.4, -0.2) is 11.7 Å². The minimum Gasteiger partial charge on any atom is -0.385 e. The lowest BCUT2D eigenvalue weighted by atomic mass is 9.60. The molecule has 0 saturated heterocycles. The van der Waals surface area contributed by atoms with E-state index in [-0.39, 0.29) is 5.41 Å². The van der Waals surface area contributed by atoms with Gasteiger partial charge >= 0.3 is 0 Å². The topological polar surface area (TPSA) is 46.2 Å². The molecular formula is C16H22ClNO. The van der Waals surface area contributed by atoms with Crippen molar-refractivity contribution in [1.82, 2.24) is 0 Å². The molecule has 1 aromatic rings. The highest BCUT2D eigenvalue weighted by atomic mass is 35.5. The van der Waals surface area contributed by atoms with E-state index in [1.165, 1.54) is 19.3 Å². The van der Waals surface area contributed by atoms with Crippen molar-refractivity contribution in [2.24, 2.45) is 23.0 Å². The van der Waals surface area contributed by atoms with E-state index in [1.54, 1.807) is 0 Å². The van der Waals surface area contributed by atoms with Gasteiger partial charge in [-0.3, -0.25) is 0 Å². The van der Waals surface area contributed by atoms with Crippen molar-refractivity contribution >= 4 is 11.6 Å². The van der Waals surface area contributed by atoms with E-state index in [0.717, 1.165) is 17.9 Å². The zero-order valence-corrected chi connectivity index (χ0v) is 12.2. The highest BCUT2D eigenvalue weighted by Crippen LogP contribution is 2.62. The highest BCUT2D eigenvalue weighted by molar-refractivity contribution is 6.30. The van der Waals surface area contributed by atoms with Crippen molar-refractivity contribution in [3.63, 3.8) is 0 Å². The average molecular weight is 280 g/mol. The second-order valence-corrected chi connectivity index (χ2v) is 6.96. The zero-order valence-electron chi connectivity index (χ0n) is 11.4. The molecule has 0 aliphatic heterocycles. The normalized spacial score (nSPS) is 36.4. The van der Waals surface area contributed by atoms with Gasteiger partial charge in [0.2, 0.25) is 0 Å². The number of rotatable bonds is 3. The number of aliphatic hydroxyl groups is 1. The van der Waals surface area contributed by atoms with Gasteiger partial charge in [0.1, 0.15) is 0 Å². The van der Waals surface area contributed by atoms with Crippen LogP contribution in [0.4, 0.5) is 0 Å². The molecule has 3 rings (SSSR count). The number of nitrogens with two attached hydrogens (primary N) is 1. The quantitative estimate of drug-likeness (QED) is 0.892. The summed E-state index contributed by atoms with van der Waals surface area (Å²) in [6.45, 7) is 2.47. The Hall–Kier alpha value is -0.570. The first-order valence-corrected chi connectivity index (χ1v) is 7.56. The van der Waals surface area contributed by atoms with Crippen LogP contribution in [0.5, 0.6) is 0 Å². The van der Waals surface area contributed by atoms with E-state index < -0.39 is 5.60 Å². The summed E-state index contributed by atoms with van der Waals surface area (Å²) in [6.07, 6.45) is 4.79. The summed E-state index contributed by atoms with van der Waals surface area (Å²) < 4.78 is 0. The van der Waals surface area contributed by atoms with Crippen LogP contribution in [0.1, 0.15) is 38.2 Å². The minimum atomic E-state index is -0.896. The number of hydrogen-bond acceptors (Lipinski definition) is 2. The first kappa shape index (κ1) is 13.4. The van der Waals surface area contributed by atoms with Crippen LogP contribution >= 0.6 is 11.6 Å². The molecular weight excluding hydrogens is 258 g/mol. The average Bonchev–Trinajstić information content (AvgIpc) is 2.99. The summed E-state index contributed by atoms with van der Waals surface area (Å²) in [4.78, 5) is 0.